The monoisotopic (exact) mass is 588 g/mol. The minimum Gasteiger partial charge on any atom is -0.342 e. The molecule has 6 rings (SSSR count). The summed E-state index contributed by atoms with van der Waals surface area (Å²) < 4.78 is 0. The normalized spacial score (nSPS) is 19.2. The van der Waals surface area contributed by atoms with Crippen molar-refractivity contribution in [3.05, 3.63) is 108 Å². The van der Waals surface area contributed by atoms with E-state index >= 15 is 0 Å². The lowest BCUT2D eigenvalue weighted by atomic mass is 9.95. The van der Waals surface area contributed by atoms with Gasteiger partial charge in [-0.05, 0) is 64.9 Å². The number of hydrogen-bond acceptors (Lipinski definition) is 4. The zero-order valence-electron chi connectivity index (χ0n) is 25.2. The zero-order valence-corrected chi connectivity index (χ0v) is 25.2. The second-order valence-electron chi connectivity index (χ2n) is 12.1. The minimum absolute atomic E-state index is 0.0748. The number of amides is 3. The van der Waals surface area contributed by atoms with E-state index in [4.69, 9.17) is 0 Å². The number of piperazine rings is 1. The lowest BCUT2D eigenvalue weighted by Gasteiger charge is -2.41. The maximum atomic E-state index is 14.2. The van der Waals surface area contributed by atoms with Crippen molar-refractivity contribution >= 4 is 28.5 Å². The lowest BCUT2D eigenvalue weighted by Crippen LogP contribution is -2.66. The summed E-state index contributed by atoms with van der Waals surface area (Å²) in [6.07, 6.45) is 2.38. The number of nitrogens with one attached hydrogen (secondary N) is 2. The van der Waals surface area contributed by atoms with Crippen molar-refractivity contribution in [3.8, 4) is 11.1 Å². The standard InChI is InChI=1S/C37H40N4O3/c1-26(42)40(23-28-17-19-38-20-18-28)25-35-36(43)39-34(22-29-13-16-31-9-5-6-10-33(31)21-29)37(44)41(35)24-27-11-14-32(15-12-27)30-7-3-2-4-8-30/h2-16,21,28,34-35,38H,17-20,22-25H2,1H3,(H,39,43)/t34-,35-/m0/s1. The molecular weight excluding hydrogens is 548 g/mol. The fraction of sp³-hybridized carbons (Fsp3) is 0.324. The van der Waals surface area contributed by atoms with Crippen LogP contribution in [0.5, 0.6) is 0 Å². The zero-order chi connectivity index (χ0) is 30.5. The van der Waals surface area contributed by atoms with Gasteiger partial charge in [0.2, 0.25) is 17.7 Å². The first-order chi connectivity index (χ1) is 21.4. The Hall–Kier alpha value is -4.49. The maximum absolute atomic E-state index is 14.2. The molecule has 0 unspecified atom stereocenters. The quantitative estimate of drug-likeness (QED) is 0.295. The predicted molar refractivity (Wildman–Crippen MR) is 174 cm³/mol. The van der Waals surface area contributed by atoms with Gasteiger partial charge in [-0.15, -0.1) is 0 Å². The van der Waals surface area contributed by atoms with Gasteiger partial charge in [-0.1, -0.05) is 97.1 Å². The van der Waals surface area contributed by atoms with E-state index in [-0.39, 0.29) is 24.3 Å². The minimum atomic E-state index is -0.769. The molecule has 44 heavy (non-hydrogen) atoms. The Morgan fingerprint density at radius 2 is 1.45 bits per heavy atom. The molecular formula is C37H40N4O3. The van der Waals surface area contributed by atoms with E-state index in [1.807, 2.05) is 48.5 Å². The Kier molecular flexibility index (Phi) is 9.03. The number of benzene rings is 4. The van der Waals surface area contributed by atoms with Crippen LogP contribution in [0.3, 0.4) is 0 Å². The molecule has 7 nitrogen and oxygen atoms in total. The first-order valence-electron chi connectivity index (χ1n) is 15.6. The smallest absolute Gasteiger partial charge is 0.246 e. The number of hydrogen-bond donors (Lipinski definition) is 2. The van der Waals surface area contributed by atoms with Gasteiger partial charge >= 0.3 is 0 Å². The van der Waals surface area contributed by atoms with Crippen LogP contribution in [0, 0.1) is 5.92 Å². The Labute approximate surface area is 259 Å². The van der Waals surface area contributed by atoms with Crippen LogP contribution in [0.4, 0.5) is 0 Å². The highest BCUT2D eigenvalue weighted by molar-refractivity contribution is 5.97. The molecule has 2 saturated heterocycles. The number of piperidine rings is 1. The molecule has 2 N–H and O–H groups in total. The lowest BCUT2D eigenvalue weighted by molar-refractivity contribution is -0.152. The van der Waals surface area contributed by atoms with Crippen LogP contribution in [0.1, 0.15) is 30.9 Å². The third-order valence-electron chi connectivity index (χ3n) is 9.02. The topological polar surface area (TPSA) is 81.8 Å². The van der Waals surface area contributed by atoms with E-state index in [9.17, 15) is 14.4 Å². The summed E-state index contributed by atoms with van der Waals surface area (Å²) in [6.45, 7) is 4.48. The molecule has 0 bridgehead atoms. The van der Waals surface area contributed by atoms with Crippen molar-refractivity contribution in [2.75, 3.05) is 26.2 Å². The second-order valence-corrected chi connectivity index (χ2v) is 12.1. The van der Waals surface area contributed by atoms with Gasteiger partial charge < -0.3 is 20.4 Å². The van der Waals surface area contributed by atoms with E-state index in [0.717, 1.165) is 59.0 Å². The molecule has 3 amide bonds. The summed E-state index contributed by atoms with van der Waals surface area (Å²) in [7, 11) is 0. The fourth-order valence-electron chi connectivity index (χ4n) is 6.48. The van der Waals surface area contributed by atoms with Crippen LogP contribution < -0.4 is 10.6 Å². The summed E-state index contributed by atoms with van der Waals surface area (Å²) in [5.74, 6) is -0.0375. The van der Waals surface area contributed by atoms with E-state index in [1.165, 1.54) is 0 Å². The van der Waals surface area contributed by atoms with Gasteiger partial charge in [-0.3, -0.25) is 14.4 Å². The molecule has 2 aliphatic rings. The van der Waals surface area contributed by atoms with Crippen molar-refractivity contribution < 1.29 is 14.4 Å². The van der Waals surface area contributed by atoms with Crippen LogP contribution >= 0.6 is 0 Å². The van der Waals surface area contributed by atoms with Crippen LogP contribution in [0.25, 0.3) is 21.9 Å². The van der Waals surface area contributed by atoms with Gasteiger partial charge in [-0.25, -0.2) is 0 Å². The van der Waals surface area contributed by atoms with Crippen molar-refractivity contribution in [3.63, 3.8) is 0 Å². The van der Waals surface area contributed by atoms with Crippen molar-refractivity contribution in [1.82, 2.24) is 20.4 Å². The van der Waals surface area contributed by atoms with Gasteiger partial charge in [0.25, 0.3) is 0 Å². The Balaban J connectivity index is 1.25. The summed E-state index contributed by atoms with van der Waals surface area (Å²) >= 11 is 0. The van der Waals surface area contributed by atoms with Gasteiger partial charge in [0.15, 0.2) is 0 Å². The van der Waals surface area contributed by atoms with Crippen LogP contribution in [0.15, 0.2) is 97.1 Å². The third-order valence-corrected chi connectivity index (χ3v) is 9.02. The summed E-state index contributed by atoms with van der Waals surface area (Å²) in [4.78, 5) is 44.2. The molecule has 4 aromatic rings. The van der Waals surface area contributed by atoms with E-state index < -0.39 is 12.1 Å². The SMILES string of the molecule is CC(=O)N(CC1CCNCC1)C[C@H]1C(=O)N[C@@H](Cc2ccc3ccccc3c2)C(=O)N1Cc1ccc(-c2ccccc2)cc1. The van der Waals surface area contributed by atoms with Gasteiger partial charge in [0, 0.05) is 26.4 Å². The summed E-state index contributed by atoms with van der Waals surface area (Å²) in [5, 5.41) is 8.64. The Morgan fingerprint density at radius 1 is 0.795 bits per heavy atom. The number of nitrogens with zero attached hydrogens (tertiary/aromatic N) is 2. The van der Waals surface area contributed by atoms with Crippen LogP contribution in [-0.2, 0) is 27.3 Å². The fourth-order valence-corrected chi connectivity index (χ4v) is 6.48. The van der Waals surface area contributed by atoms with Gasteiger partial charge in [0.1, 0.15) is 12.1 Å². The number of rotatable bonds is 9. The molecule has 2 heterocycles. The molecule has 226 valence electrons. The van der Waals surface area contributed by atoms with E-state index in [1.54, 1.807) is 16.7 Å². The molecule has 0 aromatic heterocycles. The number of carbonyl (C=O) groups is 3. The number of carbonyl (C=O) groups excluding carboxylic acids is 3. The van der Waals surface area contributed by atoms with Gasteiger partial charge in [0.05, 0.1) is 6.54 Å². The van der Waals surface area contributed by atoms with Crippen molar-refractivity contribution in [2.24, 2.45) is 5.92 Å². The predicted octanol–water partition coefficient (Wildman–Crippen LogP) is 4.79. The summed E-state index contributed by atoms with van der Waals surface area (Å²) in [6, 6.07) is 31.2. The highest BCUT2D eigenvalue weighted by Gasteiger charge is 2.42. The maximum Gasteiger partial charge on any atom is 0.246 e. The van der Waals surface area contributed by atoms with Crippen molar-refractivity contribution in [2.45, 2.75) is 44.8 Å². The second kappa shape index (κ2) is 13.4. The molecule has 0 radical (unpaired) electrons. The average molecular weight is 589 g/mol. The molecule has 7 heteroatoms. The molecule has 0 spiro atoms. The van der Waals surface area contributed by atoms with E-state index in [0.29, 0.717) is 25.4 Å². The van der Waals surface area contributed by atoms with Crippen LogP contribution in [-0.4, -0.2) is 65.8 Å². The molecule has 4 aromatic carbocycles. The highest BCUT2D eigenvalue weighted by Crippen LogP contribution is 2.24. The average Bonchev–Trinajstić information content (AvgIpc) is 3.05. The first kappa shape index (κ1) is 29.6. The first-order valence-corrected chi connectivity index (χ1v) is 15.6. The summed E-state index contributed by atoms with van der Waals surface area (Å²) in [5.41, 5.74) is 4.14. The third kappa shape index (κ3) is 6.84. The Morgan fingerprint density at radius 3 is 2.18 bits per heavy atom. The van der Waals surface area contributed by atoms with E-state index in [2.05, 4.69) is 59.2 Å². The molecule has 2 fully saturated rings. The number of fused-ring (bicyclic) bond motifs is 1. The Bertz CT molecular complexity index is 1620. The highest BCUT2D eigenvalue weighted by atomic mass is 16.2. The van der Waals surface area contributed by atoms with Crippen molar-refractivity contribution in [1.29, 1.82) is 0 Å². The van der Waals surface area contributed by atoms with Gasteiger partial charge in [-0.2, -0.15) is 0 Å². The van der Waals surface area contributed by atoms with Crippen LogP contribution in [0.2, 0.25) is 0 Å². The molecule has 2 atom stereocenters. The largest absolute Gasteiger partial charge is 0.342 e. The molecule has 2 aliphatic heterocycles. The molecule has 0 saturated carbocycles. The molecule has 0 aliphatic carbocycles.